The molecule has 0 unspecified atom stereocenters. The highest BCUT2D eigenvalue weighted by molar-refractivity contribution is 9.10. The maximum absolute atomic E-state index is 12.3. The van der Waals surface area contributed by atoms with Gasteiger partial charge in [0, 0.05) is 20.9 Å². The van der Waals surface area contributed by atoms with Crippen molar-refractivity contribution in [3.8, 4) is 0 Å². The van der Waals surface area contributed by atoms with E-state index in [9.17, 15) is 4.79 Å². The van der Waals surface area contributed by atoms with Crippen LogP contribution in [-0.2, 0) is 6.42 Å². The lowest BCUT2D eigenvalue weighted by atomic mass is 9.99. The van der Waals surface area contributed by atoms with E-state index in [-0.39, 0.29) is 5.78 Å². The molecule has 18 heavy (non-hydrogen) atoms. The predicted molar refractivity (Wildman–Crippen MR) is 81.1 cm³/mol. The van der Waals surface area contributed by atoms with E-state index in [0.717, 1.165) is 25.6 Å². The minimum absolute atomic E-state index is 0.145. The monoisotopic (exact) mass is 366 g/mol. The molecule has 0 aliphatic rings. The van der Waals surface area contributed by atoms with Crippen molar-refractivity contribution in [2.45, 2.75) is 13.3 Å². The zero-order valence-electron chi connectivity index (χ0n) is 9.91. The van der Waals surface area contributed by atoms with Crippen LogP contribution in [0.3, 0.4) is 0 Å². The van der Waals surface area contributed by atoms with Crippen molar-refractivity contribution in [1.82, 2.24) is 0 Å². The number of ketones is 1. The van der Waals surface area contributed by atoms with Crippen LogP contribution >= 0.6 is 31.9 Å². The van der Waals surface area contributed by atoms with Gasteiger partial charge in [-0.15, -0.1) is 0 Å². The smallest absolute Gasteiger partial charge is 0.167 e. The Morgan fingerprint density at radius 3 is 2.50 bits per heavy atom. The number of benzene rings is 2. The molecule has 0 aliphatic carbocycles. The Labute approximate surface area is 123 Å². The number of carbonyl (C=O) groups is 1. The third-order valence-electron chi connectivity index (χ3n) is 2.75. The number of hydrogen-bond acceptors (Lipinski definition) is 1. The number of aryl methyl sites for hydroxylation is 1. The molecular weight excluding hydrogens is 356 g/mol. The van der Waals surface area contributed by atoms with Gasteiger partial charge in [0.1, 0.15) is 0 Å². The maximum Gasteiger partial charge on any atom is 0.167 e. The van der Waals surface area contributed by atoms with Crippen LogP contribution in [0.15, 0.2) is 51.4 Å². The molecule has 2 aromatic carbocycles. The maximum atomic E-state index is 12.3. The van der Waals surface area contributed by atoms with Crippen LogP contribution in [0.2, 0.25) is 0 Å². The fraction of sp³-hybridized carbons (Fsp3) is 0.133. The minimum Gasteiger partial charge on any atom is -0.294 e. The Hall–Kier alpha value is -0.930. The first-order chi connectivity index (χ1) is 8.56. The number of rotatable bonds is 3. The zero-order chi connectivity index (χ0) is 13.1. The van der Waals surface area contributed by atoms with Crippen molar-refractivity contribution in [2.75, 3.05) is 0 Å². The van der Waals surface area contributed by atoms with E-state index >= 15 is 0 Å². The Bertz CT molecular complexity index is 591. The summed E-state index contributed by atoms with van der Waals surface area (Å²) in [6.07, 6.45) is 0.427. The number of hydrogen-bond donors (Lipinski definition) is 0. The van der Waals surface area contributed by atoms with E-state index in [2.05, 4.69) is 31.9 Å². The van der Waals surface area contributed by atoms with Crippen molar-refractivity contribution in [2.24, 2.45) is 0 Å². The van der Waals surface area contributed by atoms with E-state index < -0.39 is 0 Å². The second-order valence-electron chi connectivity index (χ2n) is 4.19. The first-order valence-corrected chi connectivity index (χ1v) is 7.18. The molecule has 0 aliphatic heterocycles. The van der Waals surface area contributed by atoms with Crippen molar-refractivity contribution in [3.05, 3.63) is 68.1 Å². The van der Waals surface area contributed by atoms with Gasteiger partial charge in [-0.05, 0) is 42.3 Å². The van der Waals surface area contributed by atoms with Gasteiger partial charge in [-0.3, -0.25) is 4.79 Å². The number of carbonyl (C=O) groups excluding carboxylic acids is 1. The average Bonchev–Trinajstić information content (AvgIpc) is 2.32. The lowest BCUT2D eigenvalue weighted by Crippen LogP contribution is -2.05. The normalized spacial score (nSPS) is 10.4. The van der Waals surface area contributed by atoms with Crippen LogP contribution < -0.4 is 0 Å². The highest BCUT2D eigenvalue weighted by atomic mass is 79.9. The summed E-state index contributed by atoms with van der Waals surface area (Å²) in [5.74, 6) is 0.145. The first-order valence-electron chi connectivity index (χ1n) is 5.60. The molecule has 0 bridgehead atoms. The lowest BCUT2D eigenvalue weighted by Gasteiger charge is -2.06. The lowest BCUT2D eigenvalue weighted by molar-refractivity contribution is 0.0992. The molecule has 0 saturated carbocycles. The van der Waals surface area contributed by atoms with E-state index in [4.69, 9.17) is 0 Å². The molecule has 0 aromatic heterocycles. The largest absolute Gasteiger partial charge is 0.294 e. The molecule has 1 nitrogen and oxygen atoms in total. The molecule has 0 radical (unpaired) electrons. The Morgan fingerprint density at radius 1 is 1.06 bits per heavy atom. The second-order valence-corrected chi connectivity index (χ2v) is 6.02. The topological polar surface area (TPSA) is 17.1 Å². The zero-order valence-corrected chi connectivity index (χ0v) is 13.1. The molecule has 3 heteroatoms. The summed E-state index contributed by atoms with van der Waals surface area (Å²) >= 11 is 6.82. The first kappa shape index (κ1) is 13.5. The molecule has 0 heterocycles. The van der Waals surface area contributed by atoms with Gasteiger partial charge in [0.25, 0.3) is 0 Å². The average molecular weight is 368 g/mol. The van der Waals surface area contributed by atoms with Crippen LogP contribution in [0.4, 0.5) is 0 Å². The van der Waals surface area contributed by atoms with Crippen molar-refractivity contribution in [1.29, 1.82) is 0 Å². The highest BCUT2D eigenvalue weighted by Crippen LogP contribution is 2.19. The van der Waals surface area contributed by atoms with E-state index in [1.54, 1.807) is 0 Å². The summed E-state index contributed by atoms with van der Waals surface area (Å²) in [7, 11) is 0. The third-order valence-corrected chi connectivity index (χ3v) is 3.74. The van der Waals surface area contributed by atoms with Crippen LogP contribution in [0.1, 0.15) is 21.5 Å². The Morgan fingerprint density at radius 2 is 1.78 bits per heavy atom. The van der Waals surface area contributed by atoms with Crippen molar-refractivity contribution in [3.63, 3.8) is 0 Å². The molecular formula is C15H12Br2O. The molecule has 0 fully saturated rings. The summed E-state index contributed by atoms with van der Waals surface area (Å²) in [5.41, 5.74) is 2.82. The summed E-state index contributed by atoms with van der Waals surface area (Å²) in [4.78, 5) is 12.3. The van der Waals surface area contributed by atoms with Crippen molar-refractivity contribution < 1.29 is 4.79 Å². The standard InChI is InChI=1S/C15H12Br2O/c1-10-5-6-13(17)9-14(10)15(18)8-11-3-2-4-12(16)7-11/h2-7,9H,8H2,1H3. The van der Waals surface area contributed by atoms with Gasteiger partial charge in [0.15, 0.2) is 5.78 Å². The Balaban J connectivity index is 2.24. The molecule has 2 rings (SSSR count). The van der Waals surface area contributed by atoms with Gasteiger partial charge in [0.05, 0.1) is 0 Å². The summed E-state index contributed by atoms with van der Waals surface area (Å²) in [5, 5.41) is 0. The quantitative estimate of drug-likeness (QED) is 0.701. The molecule has 2 aromatic rings. The van der Waals surface area contributed by atoms with Gasteiger partial charge in [-0.2, -0.15) is 0 Å². The molecule has 0 N–H and O–H groups in total. The van der Waals surface area contributed by atoms with E-state index in [0.29, 0.717) is 6.42 Å². The van der Waals surface area contributed by atoms with Crippen molar-refractivity contribution >= 4 is 37.6 Å². The number of Topliss-reactive ketones (excluding diaryl/α,β-unsaturated/α-hetero) is 1. The SMILES string of the molecule is Cc1ccc(Br)cc1C(=O)Cc1cccc(Br)c1. The molecule has 0 spiro atoms. The highest BCUT2D eigenvalue weighted by Gasteiger charge is 2.10. The second kappa shape index (κ2) is 5.81. The summed E-state index contributed by atoms with van der Waals surface area (Å²) in [6, 6.07) is 13.6. The minimum atomic E-state index is 0.145. The molecule has 0 amide bonds. The number of halogens is 2. The van der Waals surface area contributed by atoms with E-state index in [1.807, 2.05) is 49.4 Å². The van der Waals surface area contributed by atoms with Gasteiger partial charge < -0.3 is 0 Å². The van der Waals surface area contributed by atoms with Crippen LogP contribution in [0.5, 0.6) is 0 Å². The third kappa shape index (κ3) is 3.30. The summed E-state index contributed by atoms with van der Waals surface area (Å²) < 4.78 is 1.93. The van der Waals surface area contributed by atoms with Crippen LogP contribution in [0, 0.1) is 6.92 Å². The van der Waals surface area contributed by atoms with Gasteiger partial charge in [-0.25, -0.2) is 0 Å². The van der Waals surface area contributed by atoms with Gasteiger partial charge >= 0.3 is 0 Å². The van der Waals surface area contributed by atoms with Gasteiger partial charge in [-0.1, -0.05) is 50.1 Å². The molecule has 0 atom stereocenters. The molecule has 0 saturated heterocycles. The van der Waals surface area contributed by atoms with E-state index in [1.165, 1.54) is 0 Å². The molecule has 92 valence electrons. The van der Waals surface area contributed by atoms with Crippen LogP contribution in [-0.4, -0.2) is 5.78 Å². The summed E-state index contributed by atoms with van der Waals surface area (Å²) in [6.45, 7) is 1.96. The fourth-order valence-corrected chi connectivity index (χ4v) is 2.63. The predicted octanol–water partition coefficient (Wildman–Crippen LogP) is 4.95. The fourth-order valence-electron chi connectivity index (χ4n) is 1.82. The van der Waals surface area contributed by atoms with Gasteiger partial charge in [0.2, 0.25) is 0 Å². The van der Waals surface area contributed by atoms with Crippen LogP contribution in [0.25, 0.3) is 0 Å². The Kier molecular flexibility index (Phi) is 4.36.